The molecule has 0 bridgehead atoms. The molecule has 0 saturated carbocycles. The highest BCUT2D eigenvalue weighted by molar-refractivity contribution is 5.94. The van der Waals surface area contributed by atoms with Crippen molar-refractivity contribution in [2.45, 2.75) is 38.7 Å². The van der Waals surface area contributed by atoms with Crippen molar-refractivity contribution in [3.8, 4) is 0 Å². The second kappa shape index (κ2) is 7.13. The third-order valence-electron chi connectivity index (χ3n) is 3.05. The number of benzene rings is 1. The minimum absolute atomic E-state index is 0.181. The van der Waals surface area contributed by atoms with Crippen LogP contribution in [0, 0.1) is 0 Å². The van der Waals surface area contributed by atoms with Crippen LogP contribution in [0.5, 0.6) is 0 Å². The minimum Gasteiger partial charge on any atom is -0.391 e. The summed E-state index contributed by atoms with van der Waals surface area (Å²) in [4.78, 5) is 11.4. The number of carbonyl (C=O) groups is 1. The molecule has 0 radical (unpaired) electrons. The lowest BCUT2D eigenvalue weighted by Crippen LogP contribution is -2.25. The molecule has 5 N–H and O–H groups in total. The van der Waals surface area contributed by atoms with Crippen molar-refractivity contribution in [3.05, 3.63) is 34.9 Å². The third kappa shape index (κ3) is 3.82. The van der Waals surface area contributed by atoms with Crippen LogP contribution in [0.25, 0.3) is 0 Å². The van der Waals surface area contributed by atoms with E-state index < -0.39 is 12.0 Å². The summed E-state index contributed by atoms with van der Waals surface area (Å²) >= 11 is 0. The molecular weight excluding hydrogens is 228 g/mol. The number of hydrogen-bond donors (Lipinski definition) is 3. The lowest BCUT2D eigenvalue weighted by molar-refractivity contribution is 0.0998. The van der Waals surface area contributed by atoms with Crippen LogP contribution in [-0.4, -0.2) is 23.7 Å². The summed E-state index contributed by atoms with van der Waals surface area (Å²) in [5, 5.41) is 9.69. The average Bonchev–Trinajstić information content (AvgIpc) is 2.36. The van der Waals surface area contributed by atoms with Crippen molar-refractivity contribution >= 4 is 5.91 Å². The molecule has 0 saturated heterocycles. The molecule has 4 nitrogen and oxygen atoms in total. The number of hydrogen-bond acceptors (Lipinski definition) is 3. The average molecular weight is 250 g/mol. The Labute approximate surface area is 108 Å². The molecule has 0 heterocycles. The summed E-state index contributed by atoms with van der Waals surface area (Å²) < 4.78 is 0. The number of carbonyl (C=O) groups excluding carboxylic acids is 1. The van der Waals surface area contributed by atoms with E-state index in [1.807, 2.05) is 12.1 Å². The fourth-order valence-electron chi connectivity index (χ4n) is 2.03. The number of aliphatic hydroxyl groups excluding tert-OH is 1. The highest BCUT2D eigenvalue weighted by Gasteiger charge is 2.15. The van der Waals surface area contributed by atoms with Gasteiger partial charge in [-0.05, 0) is 30.0 Å². The predicted molar refractivity (Wildman–Crippen MR) is 72.3 cm³/mol. The van der Waals surface area contributed by atoms with Gasteiger partial charge in [-0.15, -0.1) is 0 Å². The Hall–Kier alpha value is -1.39. The number of unbranched alkanes of at least 4 members (excludes halogenated alkanes) is 1. The van der Waals surface area contributed by atoms with Gasteiger partial charge in [-0.3, -0.25) is 4.79 Å². The van der Waals surface area contributed by atoms with Gasteiger partial charge in [0.2, 0.25) is 5.91 Å². The molecule has 1 rings (SSSR count). The van der Waals surface area contributed by atoms with Crippen molar-refractivity contribution < 1.29 is 9.90 Å². The second-order valence-electron chi connectivity index (χ2n) is 4.50. The summed E-state index contributed by atoms with van der Waals surface area (Å²) in [5.74, 6) is -0.451. The summed E-state index contributed by atoms with van der Waals surface area (Å²) in [6, 6.07) is 5.53. The molecule has 0 aliphatic rings. The first-order chi connectivity index (χ1) is 8.60. The van der Waals surface area contributed by atoms with Crippen LogP contribution >= 0.6 is 0 Å². The highest BCUT2D eigenvalue weighted by Crippen LogP contribution is 2.19. The van der Waals surface area contributed by atoms with Crippen LogP contribution < -0.4 is 11.5 Å². The summed E-state index contributed by atoms with van der Waals surface area (Å²) in [6.07, 6.45) is 2.78. The summed E-state index contributed by atoms with van der Waals surface area (Å²) in [6.45, 7) is 2.30. The Bertz CT molecular complexity index is 405. The van der Waals surface area contributed by atoms with E-state index in [4.69, 9.17) is 11.5 Å². The largest absolute Gasteiger partial charge is 0.391 e. The second-order valence-corrected chi connectivity index (χ2v) is 4.50. The maximum absolute atomic E-state index is 11.4. The number of amides is 1. The molecule has 0 aromatic heterocycles. The number of primary amides is 1. The Morgan fingerprint density at radius 3 is 2.72 bits per heavy atom. The van der Waals surface area contributed by atoms with Gasteiger partial charge in [0.1, 0.15) is 0 Å². The molecule has 18 heavy (non-hydrogen) atoms. The monoisotopic (exact) mass is 250 g/mol. The van der Waals surface area contributed by atoms with Gasteiger partial charge in [0, 0.05) is 18.5 Å². The van der Waals surface area contributed by atoms with Crippen LogP contribution in [-0.2, 0) is 12.8 Å². The molecule has 1 atom stereocenters. The molecule has 0 spiro atoms. The fourth-order valence-corrected chi connectivity index (χ4v) is 2.03. The van der Waals surface area contributed by atoms with Crippen LogP contribution in [0.4, 0.5) is 0 Å². The lowest BCUT2D eigenvalue weighted by atomic mass is 9.92. The molecule has 0 aliphatic heterocycles. The SMILES string of the molecule is CCCCc1cccc(C(N)=O)c1CC(O)CN. The number of aliphatic hydroxyl groups is 1. The molecule has 0 aliphatic carbocycles. The zero-order chi connectivity index (χ0) is 13.5. The van der Waals surface area contributed by atoms with E-state index in [-0.39, 0.29) is 6.54 Å². The maximum atomic E-state index is 11.4. The quantitative estimate of drug-likeness (QED) is 0.674. The van der Waals surface area contributed by atoms with Gasteiger partial charge in [-0.2, -0.15) is 0 Å². The van der Waals surface area contributed by atoms with Gasteiger partial charge in [0.25, 0.3) is 0 Å². The molecule has 1 amide bonds. The number of aryl methyl sites for hydroxylation is 1. The van der Waals surface area contributed by atoms with E-state index in [1.54, 1.807) is 6.07 Å². The Balaban J connectivity index is 3.08. The number of rotatable bonds is 7. The van der Waals surface area contributed by atoms with E-state index in [0.29, 0.717) is 12.0 Å². The molecule has 1 unspecified atom stereocenters. The van der Waals surface area contributed by atoms with Gasteiger partial charge in [0.05, 0.1) is 6.10 Å². The van der Waals surface area contributed by atoms with E-state index in [9.17, 15) is 9.90 Å². The maximum Gasteiger partial charge on any atom is 0.248 e. The van der Waals surface area contributed by atoms with E-state index >= 15 is 0 Å². The predicted octanol–water partition coefficient (Wildman–Crippen LogP) is 0.990. The molecule has 1 aromatic carbocycles. The zero-order valence-electron chi connectivity index (χ0n) is 10.9. The van der Waals surface area contributed by atoms with E-state index in [1.165, 1.54) is 0 Å². The summed E-state index contributed by atoms with van der Waals surface area (Å²) in [7, 11) is 0. The Kier molecular flexibility index (Phi) is 5.82. The van der Waals surface area contributed by atoms with Crippen molar-refractivity contribution in [1.29, 1.82) is 0 Å². The van der Waals surface area contributed by atoms with Crippen molar-refractivity contribution in [3.63, 3.8) is 0 Å². The first-order valence-corrected chi connectivity index (χ1v) is 6.38. The first kappa shape index (κ1) is 14.7. The van der Waals surface area contributed by atoms with Crippen LogP contribution in [0.1, 0.15) is 41.3 Å². The van der Waals surface area contributed by atoms with Crippen LogP contribution in [0.3, 0.4) is 0 Å². The van der Waals surface area contributed by atoms with Gasteiger partial charge < -0.3 is 16.6 Å². The molecule has 1 aromatic rings. The van der Waals surface area contributed by atoms with E-state index in [0.717, 1.165) is 30.4 Å². The van der Waals surface area contributed by atoms with Gasteiger partial charge in [-0.1, -0.05) is 25.5 Å². The van der Waals surface area contributed by atoms with Crippen molar-refractivity contribution in [1.82, 2.24) is 0 Å². The van der Waals surface area contributed by atoms with Crippen molar-refractivity contribution in [2.24, 2.45) is 11.5 Å². The molecule has 4 heteroatoms. The Morgan fingerprint density at radius 1 is 1.44 bits per heavy atom. The molecule has 0 fully saturated rings. The zero-order valence-corrected chi connectivity index (χ0v) is 10.9. The minimum atomic E-state index is -0.633. The number of nitrogens with two attached hydrogens (primary N) is 2. The smallest absolute Gasteiger partial charge is 0.248 e. The first-order valence-electron chi connectivity index (χ1n) is 6.38. The van der Waals surface area contributed by atoms with Gasteiger partial charge in [0.15, 0.2) is 0 Å². The highest BCUT2D eigenvalue weighted by atomic mass is 16.3. The van der Waals surface area contributed by atoms with Crippen LogP contribution in [0.15, 0.2) is 18.2 Å². The third-order valence-corrected chi connectivity index (χ3v) is 3.05. The van der Waals surface area contributed by atoms with Crippen molar-refractivity contribution in [2.75, 3.05) is 6.54 Å². The lowest BCUT2D eigenvalue weighted by Gasteiger charge is -2.15. The van der Waals surface area contributed by atoms with Gasteiger partial charge in [-0.25, -0.2) is 0 Å². The molecular formula is C14H22N2O2. The standard InChI is InChI=1S/C14H22N2O2/c1-2-3-5-10-6-4-7-12(14(16)18)13(10)8-11(17)9-15/h4,6-7,11,17H,2-3,5,8-9,15H2,1H3,(H2,16,18). The fraction of sp³-hybridized carbons (Fsp3) is 0.500. The van der Waals surface area contributed by atoms with Gasteiger partial charge >= 0.3 is 0 Å². The van der Waals surface area contributed by atoms with Crippen LogP contribution in [0.2, 0.25) is 0 Å². The topological polar surface area (TPSA) is 89.3 Å². The normalized spacial score (nSPS) is 12.4. The Morgan fingerprint density at radius 2 is 2.17 bits per heavy atom. The molecule has 100 valence electrons. The summed E-state index contributed by atoms with van der Waals surface area (Å²) in [5.41, 5.74) is 13.2. The van der Waals surface area contributed by atoms with E-state index in [2.05, 4.69) is 6.92 Å².